The first-order chi connectivity index (χ1) is 9.58. The molecule has 0 aliphatic carbocycles. The van der Waals surface area contributed by atoms with Gasteiger partial charge in [-0.15, -0.1) is 0 Å². The number of carboxylic acids is 1. The quantitative estimate of drug-likeness (QED) is 0.686. The molecule has 100 valence electrons. The van der Waals surface area contributed by atoms with Gasteiger partial charge < -0.3 is 5.11 Å². The van der Waals surface area contributed by atoms with Gasteiger partial charge in [0.2, 0.25) is 0 Å². The van der Waals surface area contributed by atoms with Crippen molar-refractivity contribution in [3.8, 4) is 11.1 Å². The van der Waals surface area contributed by atoms with Gasteiger partial charge in [-0.3, -0.25) is 4.79 Å². The number of halogens is 1. The Labute approximate surface area is 121 Å². The van der Waals surface area contributed by atoms with E-state index < -0.39 is 5.97 Å². The molecule has 0 heterocycles. The second kappa shape index (κ2) is 6.17. The fourth-order valence-electron chi connectivity index (χ4n) is 1.75. The normalized spacial score (nSPS) is 10.7. The van der Waals surface area contributed by atoms with Crippen LogP contribution in [0.2, 0.25) is 5.02 Å². The second-order valence-electron chi connectivity index (χ2n) is 4.09. The Balaban J connectivity index is 2.25. The Bertz CT molecular complexity index is 672. The molecule has 1 N–H and O–H groups in total. The van der Waals surface area contributed by atoms with Crippen LogP contribution in [0.4, 0.5) is 0 Å². The molecule has 0 atom stereocenters. The van der Waals surface area contributed by atoms with Crippen LogP contribution in [0.15, 0.2) is 60.7 Å². The molecule has 0 saturated carbocycles. The van der Waals surface area contributed by atoms with Crippen LogP contribution in [0, 0.1) is 0 Å². The van der Waals surface area contributed by atoms with Crippen LogP contribution in [0.3, 0.4) is 0 Å². The molecule has 2 rings (SSSR count). The fourth-order valence-corrected chi connectivity index (χ4v) is 2.00. The third-order valence-corrected chi connectivity index (χ3v) is 3.06. The molecule has 0 fully saturated rings. The summed E-state index contributed by atoms with van der Waals surface area (Å²) in [5.74, 6) is -1.50. The summed E-state index contributed by atoms with van der Waals surface area (Å²) in [5, 5.41) is 9.12. The minimum atomic E-state index is -1.15. The maximum absolute atomic E-state index is 11.7. The number of rotatable bonds is 4. The van der Waals surface area contributed by atoms with E-state index in [-0.39, 0.29) is 5.78 Å². The molecular formula is C16H11ClO3. The molecule has 0 amide bonds. The largest absolute Gasteiger partial charge is 0.478 e. The minimum absolute atomic E-state index is 0.349. The average Bonchev–Trinajstić information content (AvgIpc) is 2.45. The highest BCUT2D eigenvalue weighted by Gasteiger charge is 2.05. The van der Waals surface area contributed by atoms with Crippen LogP contribution in [0.5, 0.6) is 0 Å². The summed E-state index contributed by atoms with van der Waals surface area (Å²) in [6, 6.07) is 14.3. The highest BCUT2D eigenvalue weighted by molar-refractivity contribution is 6.33. The molecule has 0 aliphatic heterocycles. The van der Waals surface area contributed by atoms with Gasteiger partial charge in [0.1, 0.15) is 0 Å². The SMILES string of the molecule is O=C(O)C=CC(=O)c1ccc(-c2ccccc2Cl)cc1. The van der Waals surface area contributed by atoms with Crippen LogP contribution < -0.4 is 0 Å². The van der Waals surface area contributed by atoms with E-state index in [1.165, 1.54) is 0 Å². The summed E-state index contributed by atoms with van der Waals surface area (Å²) >= 11 is 6.10. The smallest absolute Gasteiger partial charge is 0.328 e. The summed E-state index contributed by atoms with van der Waals surface area (Å²) in [7, 11) is 0. The van der Waals surface area contributed by atoms with E-state index in [1.54, 1.807) is 30.3 Å². The third kappa shape index (κ3) is 3.33. The number of carbonyl (C=O) groups is 2. The Morgan fingerprint density at radius 2 is 1.60 bits per heavy atom. The average molecular weight is 287 g/mol. The van der Waals surface area contributed by atoms with Gasteiger partial charge in [0.25, 0.3) is 0 Å². The van der Waals surface area contributed by atoms with Gasteiger partial charge in [0, 0.05) is 22.2 Å². The van der Waals surface area contributed by atoms with Gasteiger partial charge in [-0.25, -0.2) is 4.79 Å². The summed E-state index contributed by atoms with van der Waals surface area (Å²) in [5.41, 5.74) is 2.21. The monoisotopic (exact) mass is 286 g/mol. The molecule has 0 saturated heterocycles. The number of hydrogen-bond acceptors (Lipinski definition) is 2. The Hall–Kier alpha value is -2.39. The maximum atomic E-state index is 11.7. The lowest BCUT2D eigenvalue weighted by Crippen LogP contribution is -1.96. The summed E-state index contributed by atoms with van der Waals surface area (Å²) in [4.78, 5) is 22.0. The summed E-state index contributed by atoms with van der Waals surface area (Å²) in [6.45, 7) is 0. The van der Waals surface area contributed by atoms with E-state index in [9.17, 15) is 9.59 Å². The first kappa shape index (κ1) is 14.0. The molecule has 2 aromatic carbocycles. The number of ketones is 1. The molecule has 0 aromatic heterocycles. The van der Waals surface area contributed by atoms with Crippen molar-refractivity contribution in [2.75, 3.05) is 0 Å². The van der Waals surface area contributed by atoms with Crippen LogP contribution in [0.25, 0.3) is 11.1 Å². The van der Waals surface area contributed by atoms with E-state index in [4.69, 9.17) is 16.7 Å². The number of benzene rings is 2. The zero-order chi connectivity index (χ0) is 14.5. The first-order valence-corrected chi connectivity index (χ1v) is 6.26. The molecular weight excluding hydrogens is 276 g/mol. The standard InChI is InChI=1S/C16H11ClO3/c17-14-4-2-1-3-13(14)11-5-7-12(8-6-11)15(18)9-10-16(19)20/h1-10H,(H,19,20). The zero-order valence-corrected chi connectivity index (χ0v) is 11.2. The lowest BCUT2D eigenvalue weighted by atomic mass is 10.0. The highest BCUT2D eigenvalue weighted by atomic mass is 35.5. The van der Waals surface area contributed by atoms with Gasteiger partial charge in [-0.05, 0) is 17.7 Å². The van der Waals surface area contributed by atoms with Crippen molar-refractivity contribution in [2.24, 2.45) is 0 Å². The van der Waals surface area contributed by atoms with Gasteiger partial charge in [0.15, 0.2) is 5.78 Å². The predicted octanol–water partition coefficient (Wildman–Crippen LogP) is 3.83. The number of hydrogen-bond donors (Lipinski definition) is 1. The molecule has 3 nitrogen and oxygen atoms in total. The van der Waals surface area contributed by atoms with Gasteiger partial charge in [0.05, 0.1) is 0 Å². The first-order valence-electron chi connectivity index (χ1n) is 5.88. The zero-order valence-electron chi connectivity index (χ0n) is 10.4. The Morgan fingerprint density at radius 3 is 2.20 bits per heavy atom. The number of carbonyl (C=O) groups excluding carboxylic acids is 1. The van der Waals surface area contributed by atoms with Gasteiger partial charge >= 0.3 is 5.97 Å². The minimum Gasteiger partial charge on any atom is -0.478 e. The number of allylic oxidation sites excluding steroid dienone is 1. The van der Waals surface area contributed by atoms with Crippen molar-refractivity contribution in [3.05, 3.63) is 71.3 Å². The molecule has 4 heteroatoms. The van der Waals surface area contributed by atoms with E-state index in [0.29, 0.717) is 10.6 Å². The molecule has 0 unspecified atom stereocenters. The maximum Gasteiger partial charge on any atom is 0.328 e. The molecule has 0 radical (unpaired) electrons. The van der Waals surface area contributed by atoms with E-state index >= 15 is 0 Å². The van der Waals surface area contributed by atoms with E-state index in [0.717, 1.165) is 23.3 Å². The van der Waals surface area contributed by atoms with Crippen LogP contribution >= 0.6 is 11.6 Å². The molecule has 0 bridgehead atoms. The highest BCUT2D eigenvalue weighted by Crippen LogP contribution is 2.27. The van der Waals surface area contributed by atoms with Crippen molar-refractivity contribution < 1.29 is 14.7 Å². The fraction of sp³-hybridized carbons (Fsp3) is 0. The van der Waals surface area contributed by atoms with Crippen LogP contribution in [0.1, 0.15) is 10.4 Å². The van der Waals surface area contributed by atoms with E-state index in [2.05, 4.69) is 0 Å². The molecule has 0 aliphatic rings. The lowest BCUT2D eigenvalue weighted by Gasteiger charge is -2.04. The topological polar surface area (TPSA) is 54.4 Å². The Morgan fingerprint density at radius 1 is 0.950 bits per heavy atom. The second-order valence-corrected chi connectivity index (χ2v) is 4.50. The molecule has 0 spiro atoms. The Kier molecular flexibility index (Phi) is 4.33. The van der Waals surface area contributed by atoms with Crippen molar-refractivity contribution >= 4 is 23.4 Å². The third-order valence-electron chi connectivity index (χ3n) is 2.73. The van der Waals surface area contributed by atoms with Crippen LogP contribution in [-0.4, -0.2) is 16.9 Å². The van der Waals surface area contributed by atoms with Crippen LogP contribution in [-0.2, 0) is 4.79 Å². The molecule has 20 heavy (non-hydrogen) atoms. The number of aliphatic carboxylic acids is 1. The van der Waals surface area contributed by atoms with Crippen molar-refractivity contribution in [2.45, 2.75) is 0 Å². The summed E-state index contributed by atoms with van der Waals surface area (Å²) in [6.07, 6.45) is 1.86. The number of carboxylic acid groups (broad SMARTS) is 1. The van der Waals surface area contributed by atoms with Crippen molar-refractivity contribution in [1.82, 2.24) is 0 Å². The van der Waals surface area contributed by atoms with E-state index in [1.807, 2.05) is 18.2 Å². The van der Waals surface area contributed by atoms with Crippen molar-refractivity contribution in [1.29, 1.82) is 0 Å². The predicted molar refractivity (Wildman–Crippen MR) is 78.0 cm³/mol. The lowest BCUT2D eigenvalue weighted by molar-refractivity contribution is -0.131. The summed E-state index contributed by atoms with van der Waals surface area (Å²) < 4.78 is 0. The van der Waals surface area contributed by atoms with Gasteiger partial charge in [-0.1, -0.05) is 54.1 Å². The van der Waals surface area contributed by atoms with Crippen molar-refractivity contribution in [3.63, 3.8) is 0 Å². The molecule has 2 aromatic rings. The van der Waals surface area contributed by atoms with Gasteiger partial charge in [-0.2, -0.15) is 0 Å².